The molecule has 1 heterocycles. The van der Waals surface area contributed by atoms with Gasteiger partial charge in [0.1, 0.15) is 5.82 Å². The lowest BCUT2D eigenvalue weighted by molar-refractivity contribution is 1.11. The molecule has 0 saturated heterocycles. The lowest BCUT2D eigenvalue weighted by Gasteiger charge is -2.11. The third-order valence-corrected chi connectivity index (χ3v) is 4.44. The average Bonchev–Trinajstić information content (AvgIpc) is 2.58. The number of nitriles is 1. The molecule has 0 aliphatic rings. The zero-order valence-electron chi connectivity index (χ0n) is 13.8. The predicted molar refractivity (Wildman–Crippen MR) is 103 cm³/mol. The minimum absolute atomic E-state index is 0.526. The largest absolute Gasteiger partial charge is 0.340 e. The standard InChI is InChI=1S/C19H16BrN5/c1-12-9-16(7-8-17(12)20)24-19-22-13(2)10-18(25-19)23-15-5-3-14(11-21)4-6-15/h3-10H,1-2H3,(H2,22,23,24,25). The van der Waals surface area contributed by atoms with E-state index in [0.29, 0.717) is 17.3 Å². The first-order valence-electron chi connectivity index (χ1n) is 7.69. The summed E-state index contributed by atoms with van der Waals surface area (Å²) in [6, 6.07) is 17.2. The minimum atomic E-state index is 0.526. The molecule has 0 fully saturated rings. The highest BCUT2D eigenvalue weighted by atomic mass is 79.9. The highest BCUT2D eigenvalue weighted by molar-refractivity contribution is 9.10. The SMILES string of the molecule is Cc1cc(Nc2ccc(C#N)cc2)nc(Nc2ccc(Br)c(C)c2)n1. The van der Waals surface area contributed by atoms with E-state index in [2.05, 4.69) is 42.6 Å². The third kappa shape index (κ3) is 4.34. The average molecular weight is 394 g/mol. The number of benzene rings is 2. The molecule has 3 aromatic rings. The second kappa shape index (κ2) is 7.32. The third-order valence-electron chi connectivity index (χ3n) is 3.55. The van der Waals surface area contributed by atoms with Crippen molar-refractivity contribution in [2.45, 2.75) is 13.8 Å². The molecule has 0 aliphatic carbocycles. The van der Waals surface area contributed by atoms with Crippen molar-refractivity contribution in [1.82, 2.24) is 9.97 Å². The van der Waals surface area contributed by atoms with E-state index in [1.165, 1.54) is 0 Å². The van der Waals surface area contributed by atoms with Crippen LogP contribution in [0.1, 0.15) is 16.8 Å². The van der Waals surface area contributed by atoms with Crippen molar-refractivity contribution in [2.75, 3.05) is 10.6 Å². The number of nitrogens with one attached hydrogen (secondary N) is 2. The molecule has 0 aliphatic heterocycles. The summed E-state index contributed by atoms with van der Waals surface area (Å²) in [6.07, 6.45) is 0. The fourth-order valence-electron chi connectivity index (χ4n) is 2.32. The van der Waals surface area contributed by atoms with Gasteiger partial charge in [0.15, 0.2) is 0 Å². The number of halogens is 1. The Bertz CT molecular complexity index is 945. The van der Waals surface area contributed by atoms with E-state index in [9.17, 15) is 0 Å². The molecule has 124 valence electrons. The number of anilines is 4. The number of nitrogens with zero attached hydrogens (tertiary/aromatic N) is 3. The zero-order valence-corrected chi connectivity index (χ0v) is 15.4. The molecule has 0 unspecified atom stereocenters. The predicted octanol–water partition coefficient (Wildman–Crippen LogP) is 5.21. The molecule has 0 spiro atoms. The fourth-order valence-corrected chi connectivity index (χ4v) is 2.56. The first-order chi connectivity index (χ1) is 12.0. The maximum atomic E-state index is 8.87. The molecule has 0 bridgehead atoms. The van der Waals surface area contributed by atoms with E-state index in [4.69, 9.17) is 5.26 Å². The Morgan fingerprint density at radius 2 is 1.64 bits per heavy atom. The molecule has 5 nitrogen and oxygen atoms in total. The van der Waals surface area contributed by atoms with Crippen molar-refractivity contribution in [3.05, 3.63) is 69.8 Å². The molecule has 0 amide bonds. The van der Waals surface area contributed by atoms with Gasteiger partial charge in [0.2, 0.25) is 5.95 Å². The molecule has 0 saturated carbocycles. The Kier molecular flexibility index (Phi) is 4.96. The van der Waals surface area contributed by atoms with E-state index < -0.39 is 0 Å². The molecular formula is C19H16BrN5. The molecule has 2 aromatic carbocycles. The van der Waals surface area contributed by atoms with Crippen LogP contribution in [0.5, 0.6) is 0 Å². The summed E-state index contributed by atoms with van der Waals surface area (Å²) >= 11 is 3.50. The van der Waals surface area contributed by atoms with Gasteiger partial charge in [-0.2, -0.15) is 10.2 Å². The molecule has 25 heavy (non-hydrogen) atoms. The highest BCUT2D eigenvalue weighted by Crippen LogP contribution is 2.23. The Balaban J connectivity index is 1.82. The lowest BCUT2D eigenvalue weighted by atomic mass is 10.2. The quantitative estimate of drug-likeness (QED) is 0.635. The van der Waals surface area contributed by atoms with Gasteiger partial charge in [0, 0.05) is 27.6 Å². The first kappa shape index (κ1) is 16.9. The summed E-state index contributed by atoms with van der Waals surface area (Å²) in [5.74, 6) is 1.21. The Hall–Kier alpha value is -2.91. The van der Waals surface area contributed by atoms with Crippen LogP contribution in [0.15, 0.2) is 53.0 Å². The topological polar surface area (TPSA) is 73.6 Å². The van der Waals surface area contributed by atoms with Crippen molar-refractivity contribution >= 4 is 39.1 Å². The van der Waals surface area contributed by atoms with Crippen LogP contribution in [0.25, 0.3) is 0 Å². The summed E-state index contributed by atoms with van der Waals surface area (Å²) in [5.41, 5.74) is 4.40. The van der Waals surface area contributed by atoms with Gasteiger partial charge in [-0.3, -0.25) is 0 Å². The van der Waals surface area contributed by atoms with Crippen LogP contribution in [-0.4, -0.2) is 9.97 Å². The summed E-state index contributed by atoms with van der Waals surface area (Å²) in [7, 11) is 0. The number of aryl methyl sites for hydroxylation is 2. The molecule has 3 rings (SSSR count). The van der Waals surface area contributed by atoms with Gasteiger partial charge in [-0.1, -0.05) is 15.9 Å². The Morgan fingerprint density at radius 1 is 0.920 bits per heavy atom. The molecule has 0 radical (unpaired) electrons. The smallest absolute Gasteiger partial charge is 0.229 e. The van der Waals surface area contributed by atoms with Crippen LogP contribution in [0.2, 0.25) is 0 Å². The van der Waals surface area contributed by atoms with Crippen LogP contribution < -0.4 is 10.6 Å². The maximum Gasteiger partial charge on any atom is 0.229 e. The van der Waals surface area contributed by atoms with Crippen LogP contribution >= 0.6 is 15.9 Å². The maximum absolute atomic E-state index is 8.87. The van der Waals surface area contributed by atoms with E-state index in [-0.39, 0.29) is 0 Å². The van der Waals surface area contributed by atoms with Gasteiger partial charge in [-0.15, -0.1) is 0 Å². The van der Waals surface area contributed by atoms with Gasteiger partial charge in [0.05, 0.1) is 11.6 Å². The number of rotatable bonds is 4. The molecule has 2 N–H and O–H groups in total. The fraction of sp³-hybridized carbons (Fsp3) is 0.105. The Morgan fingerprint density at radius 3 is 2.32 bits per heavy atom. The summed E-state index contributed by atoms with van der Waals surface area (Å²) in [5, 5.41) is 15.3. The normalized spacial score (nSPS) is 10.2. The lowest BCUT2D eigenvalue weighted by Crippen LogP contribution is -2.02. The van der Waals surface area contributed by atoms with E-state index in [1.54, 1.807) is 12.1 Å². The van der Waals surface area contributed by atoms with Gasteiger partial charge < -0.3 is 10.6 Å². The van der Waals surface area contributed by atoms with Crippen molar-refractivity contribution < 1.29 is 0 Å². The molecular weight excluding hydrogens is 378 g/mol. The van der Waals surface area contributed by atoms with Gasteiger partial charge in [-0.05, 0) is 61.9 Å². The first-order valence-corrected chi connectivity index (χ1v) is 8.49. The summed E-state index contributed by atoms with van der Waals surface area (Å²) in [4.78, 5) is 8.94. The number of hydrogen-bond acceptors (Lipinski definition) is 5. The van der Waals surface area contributed by atoms with Crippen molar-refractivity contribution in [1.29, 1.82) is 5.26 Å². The number of hydrogen-bond donors (Lipinski definition) is 2. The van der Waals surface area contributed by atoms with Gasteiger partial charge >= 0.3 is 0 Å². The van der Waals surface area contributed by atoms with Crippen molar-refractivity contribution in [2.24, 2.45) is 0 Å². The van der Waals surface area contributed by atoms with Gasteiger partial charge in [0.25, 0.3) is 0 Å². The van der Waals surface area contributed by atoms with Crippen LogP contribution in [-0.2, 0) is 0 Å². The summed E-state index contributed by atoms with van der Waals surface area (Å²) in [6.45, 7) is 3.95. The monoisotopic (exact) mass is 393 g/mol. The molecule has 1 aromatic heterocycles. The number of aromatic nitrogens is 2. The minimum Gasteiger partial charge on any atom is -0.340 e. The van der Waals surface area contributed by atoms with E-state index in [1.807, 2.05) is 50.2 Å². The Labute approximate surface area is 154 Å². The van der Waals surface area contributed by atoms with Crippen molar-refractivity contribution in [3.63, 3.8) is 0 Å². The summed E-state index contributed by atoms with van der Waals surface area (Å²) < 4.78 is 1.06. The second-order valence-corrected chi connectivity index (χ2v) is 6.48. The van der Waals surface area contributed by atoms with Crippen molar-refractivity contribution in [3.8, 4) is 6.07 Å². The zero-order chi connectivity index (χ0) is 17.8. The van der Waals surface area contributed by atoms with E-state index in [0.717, 1.165) is 27.1 Å². The highest BCUT2D eigenvalue weighted by Gasteiger charge is 2.05. The van der Waals surface area contributed by atoms with Gasteiger partial charge in [-0.25, -0.2) is 4.98 Å². The second-order valence-electron chi connectivity index (χ2n) is 5.62. The van der Waals surface area contributed by atoms with Crippen LogP contribution in [0.4, 0.5) is 23.1 Å². The van der Waals surface area contributed by atoms with Crippen LogP contribution in [0, 0.1) is 25.2 Å². The van der Waals surface area contributed by atoms with Crippen LogP contribution in [0.3, 0.4) is 0 Å². The molecule has 6 heteroatoms. The molecule has 0 atom stereocenters. The van der Waals surface area contributed by atoms with E-state index >= 15 is 0 Å².